The van der Waals surface area contributed by atoms with Gasteiger partial charge >= 0.3 is 0 Å². The highest BCUT2D eigenvalue weighted by molar-refractivity contribution is 5.35. The molecule has 0 unspecified atom stereocenters. The van der Waals surface area contributed by atoms with Gasteiger partial charge in [0.25, 0.3) is 0 Å². The van der Waals surface area contributed by atoms with Crippen LogP contribution in [0.15, 0.2) is 18.3 Å². The second-order valence-electron chi connectivity index (χ2n) is 2.81. The fourth-order valence-electron chi connectivity index (χ4n) is 1.48. The third-order valence-electron chi connectivity index (χ3n) is 2.11. The molecule has 10 heavy (non-hydrogen) atoms. The summed E-state index contributed by atoms with van der Waals surface area (Å²) in [7, 11) is 0. The van der Waals surface area contributed by atoms with Gasteiger partial charge in [0.2, 0.25) is 0 Å². The summed E-state index contributed by atoms with van der Waals surface area (Å²) < 4.78 is 0. The van der Waals surface area contributed by atoms with Crippen molar-refractivity contribution in [3.8, 4) is 0 Å². The molecule has 0 aliphatic heterocycles. The first kappa shape index (κ1) is 5.78. The Hall–Kier alpha value is -0.980. The molecular formula is C9H11N. The van der Waals surface area contributed by atoms with Crippen molar-refractivity contribution < 1.29 is 0 Å². The van der Waals surface area contributed by atoms with Crippen LogP contribution in [-0.2, 0) is 12.8 Å². The van der Waals surface area contributed by atoms with Crippen LogP contribution in [0.3, 0.4) is 0 Å². The van der Waals surface area contributed by atoms with Crippen LogP contribution in [0.1, 0.15) is 16.8 Å². The maximum absolute atomic E-state index is 3.27. The van der Waals surface area contributed by atoms with E-state index in [0.717, 1.165) is 12.8 Å². The maximum Gasteiger partial charge on any atom is 0.0223 e. The van der Waals surface area contributed by atoms with Crippen molar-refractivity contribution in [2.24, 2.45) is 0 Å². The highest BCUT2D eigenvalue weighted by Crippen LogP contribution is 2.18. The van der Waals surface area contributed by atoms with E-state index >= 15 is 0 Å². The van der Waals surface area contributed by atoms with Crippen LogP contribution in [-0.4, -0.2) is 4.98 Å². The molecule has 0 aromatic carbocycles. The Balaban J connectivity index is 2.50. The van der Waals surface area contributed by atoms with Gasteiger partial charge in [0.1, 0.15) is 0 Å². The Morgan fingerprint density at radius 3 is 2.90 bits per heavy atom. The first-order valence-electron chi connectivity index (χ1n) is 3.68. The molecule has 0 radical (unpaired) electrons. The smallest absolute Gasteiger partial charge is 0.0223 e. The summed E-state index contributed by atoms with van der Waals surface area (Å²) in [6.07, 6.45) is 8.76. The zero-order valence-corrected chi connectivity index (χ0v) is 6.15. The minimum absolute atomic E-state index is 1.09. The van der Waals surface area contributed by atoms with Crippen molar-refractivity contribution in [2.45, 2.75) is 19.8 Å². The molecule has 1 aromatic heterocycles. The topological polar surface area (TPSA) is 15.8 Å². The summed E-state index contributed by atoms with van der Waals surface area (Å²) in [6.45, 7) is 2.16. The number of hydrogen-bond acceptors (Lipinski definition) is 0. The van der Waals surface area contributed by atoms with E-state index in [2.05, 4.69) is 30.3 Å². The molecule has 2 rings (SSSR count). The molecule has 1 aromatic rings. The molecule has 1 heteroatoms. The van der Waals surface area contributed by atoms with E-state index in [-0.39, 0.29) is 0 Å². The number of nitrogens with one attached hydrogen (secondary N) is 1. The molecule has 1 aliphatic carbocycles. The third kappa shape index (κ3) is 0.703. The van der Waals surface area contributed by atoms with Gasteiger partial charge in [-0.25, -0.2) is 0 Å². The number of rotatable bonds is 0. The summed E-state index contributed by atoms with van der Waals surface area (Å²) in [4.78, 5) is 3.27. The lowest BCUT2D eigenvalue weighted by molar-refractivity contribution is 1.04. The van der Waals surface area contributed by atoms with Crippen LogP contribution in [0.4, 0.5) is 0 Å². The van der Waals surface area contributed by atoms with Gasteiger partial charge in [0.15, 0.2) is 0 Å². The molecule has 0 fully saturated rings. The molecule has 0 amide bonds. The SMILES string of the molecule is Cc1c[nH]c2c1CC=CC2. The highest BCUT2D eigenvalue weighted by Gasteiger charge is 2.07. The second kappa shape index (κ2) is 2.01. The van der Waals surface area contributed by atoms with Crippen molar-refractivity contribution in [1.29, 1.82) is 0 Å². The van der Waals surface area contributed by atoms with Gasteiger partial charge in [-0.2, -0.15) is 0 Å². The average molecular weight is 133 g/mol. The van der Waals surface area contributed by atoms with Crippen molar-refractivity contribution in [3.63, 3.8) is 0 Å². The predicted octanol–water partition coefficient (Wildman–Crippen LogP) is 1.98. The number of allylic oxidation sites excluding steroid dienone is 2. The van der Waals surface area contributed by atoms with Crippen molar-refractivity contribution in [1.82, 2.24) is 4.98 Å². The van der Waals surface area contributed by atoms with Gasteiger partial charge < -0.3 is 4.98 Å². The van der Waals surface area contributed by atoms with Gasteiger partial charge in [-0.15, -0.1) is 0 Å². The number of hydrogen-bond donors (Lipinski definition) is 1. The Bertz CT molecular complexity index is 268. The molecule has 1 nitrogen and oxygen atoms in total. The number of H-pyrrole nitrogens is 1. The monoisotopic (exact) mass is 133 g/mol. The zero-order chi connectivity index (χ0) is 6.97. The van der Waals surface area contributed by atoms with E-state index in [9.17, 15) is 0 Å². The third-order valence-corrected chi connectivity index (χ3v) is 2.11. The summed E-state index contributed by atoms with van der Waals surface area (Å²) in [6, 6.07) is 0. The van der Waals surface area contributed by atoms with E-state index in [1.165, 1.54) is 16.8 Å². The van der Waals surface area contributed by atoms with Crippen LogP contribution in [0.5, 0.6) is 0 Å². The van der Waals surface area contributed by atoms with Crippen LogP contribution in [0, 0.1) is 6.92 Å². The molecule has 0 saturated carbocycles. The molecule has 0 bridgehead atoms. The first-order chi connectivity index (χ1) is 4.88. The number of aromatic amines is 1. The predicted molar refractivity (Wildman–Crippen MR) is 42.1 cm³/mol. The highest BCUT2D eigenvalue weighted by atomic mass is 14.7. The van der Waals surface area contributed by atoms with E-state index < -0.39 is 0 Å². The molecular weight excluding hydrogens is 122 g/mol. The molecule has 0 spiro atoms. The summed E-state index contributed by atoms with van der Waals surface area (Å²) in [5, 5.41) is 0. The largest absolute Gasteiger partial charge is 0.364 e. The summed E-state index contributed by atoms with van der Waals surface area (Å²) in [5.41, 5.74) is 4.31. The van der Waals surface area contributed by atoms with Crippen LogP contribution < -0.4 is 0 Å². The fourth-order valence-corrected chi connectivity index (χ4v) is 1.48. The van der Waals surface area contributed by atoms with E-state index in [4.69, 9.17) is 0 Å². The van der Waals surface area contributed by atoms with Gasteiger partial charge in [-0.05, 0) is 24.5 Å². The van der Waals surface area contributed by atoms with Crippen LogP contribution >= 0.6 is 0 Å². The molecule has 0 saturated heterocycles. The molecule has 1 N–H and O–H groups in total. The van der Waals surface area contributed by atoms with Crippen LogP contribution in [0.2, 0.25) is 0 Å². The van der Waals surface area contributed by atoms with Gasteiger partial charge in [0.05, 0.1) is 0 Å². The Morgan fingerprint density at radius 2 is 2.10 bits per heavy atom. The van der Waals surface area contributed by atoms with Crippen molar-refractivity contribution in [2.75, 3.05) is 0 Å². The lowest BCUT2D eigenvalue weighted by Crippen LogP contribution is -1.94. The zero-order valence-electron chi connectivity index (χ0n) is 6.15. The second-order valence-corrected chi connectivity index (χ2v) is 2.81. The Morgan fingerprint density at radius 1 is 1.30 bits per heavy atom. The van der Waals surface area contributed by atoms with Gasteiger partial charge in [-0.3, -0.25) is 0 Å². The molecule has 52 valence electrons. The average Bonchev–Trinajstić information content (AvgIpc) is 2.34. The van der Waals surface area contributed by atoms with E-state index in [1.807, 2.05) is 0 Å². The molecule has 1 aliphatic rings. The normalized spacial score (nSPS) is 15.3. The number of aromatic nitrogens is 1. The van der Waals surface area contributed by atoms with Crippen LogP contribution in [0.25, 0.3) is 0 Å². The lowest BCUT2D eigenvalue weighted by Gasteiger charge is -2.04. The van der Waals surface area contributed by atoms with E-state index in [0.29, 0.717) is 0 Å². The fraction of sp³-hybridized carbons (Fsp3) is 0.333. The van der Waals surface area contributed by atoms with E-state index in [1.54, 1.807) is 0 Å². The first-order valence-corrected chi connectivity index (χ1v) is 3.68. The molecule has 0 atom stereocenters. The quantitative estimate of drug-likeness (QED) is 0.521. The van der Waals surface area contributed by atoms with Crippen molar-refractivity contribution in [3.05, 3.63) is 35.2 Å². The minimum atomic E-state index is 1.09. The Kier molecular flexibility index (Phi) is 1.16. The summed E-state index contributed by atoms with van der Waals surface area (Å²) >= 11 is 0. The van der Waals surface area contributed by atoms with Gasteiger partial charge in [0, 0.05) is 18.3 Å². The number of fused-ring (bicyclic) bond motifs is 1. The lowest BCUT2D eigenvalue weighted by atomic mass is 10.0. The Labute approximate surface area is 60.8 Å². The maximum atomic E-state index is 3.27. The standard InChI is InChI=1S/C9H11N/c1-7-6-10-9-5-3-2-4-8(7)9/h2-3,6,10H,4-5H2,1H3. The number of aryl methyl sites for hydroxylation is 1. The minimum Gasteiger partial charge on any atom is -0.364 e. The van der Waals surface area contributed by atoms with Crippen molar-refractivity contribution >= 4 is 0 Å². The van der Waals surface area contributed by atoms with Gasteiger partial charge in [-0.1, -0.05) is 12.2 Å². The summed E-state index contributed by atoms with van der Waals surface area (Å²) in [5.74, 6) is 0. The molecule has 1 heterocycles.